The Morgan fingerprint density at radius 2 is 1.97 bits per heavy atom. The molecule has 0 saturated carbocycles. The molecule has 5 heterocycles. The standard InChI is InChI=1S/C21H18ClF5N8O3/c1-19(17(36)29-8-6-38-7-8)11-13(28)31-15(32-14(11)33-18(19)37)12-9-2-3-10(22)30-16(9)35(34-12)5-4-20(23,24)21(25,26)27/h2-3,8H,4-7H2,1H3,(H,29,36)(H3,28,31,32,33,37). The highest BCUT2D eigenvalue weighted by atomic mass is 35.5. The van der Waals surface area contributed by atoms with Crippen molar-refractivity contribution in [2.24, 2.45) is 0 Å². The molecule has 1 saturated heterocycles. The highest BCUT2D eigenvalue weighted by Crippen LogP contribution is 2.42. The number of hydrogen-bond acceptors (Lipinski definition) is 8. The zero-order valence-corrected chi connectivity index (χ0v) is 20.1. The third-order valence-electron chi connectivity index (χ3n) is 6.38. The summed E-state index contributed by atoms with van der Waals surface area (Å²) in [5.74, 6) is -6.81. The molecule has 17 heteroatoms. The number of rotatable bonds is 6. The van der Waals surface area contributed by atoms with Crippen molar-refractivity contribution < 1.29 is 36.3 Å². The van der Waals surface area contributed by atoms with E-state index in [9.17, 15) is 31.5 Å². The monoisotopic (exact) mass is 560 g/mol. The summed E-state index contributed by atoms with van der Waals surface area (Å²) in [6, 6.07) is 2.50. The summed E-state index contributed by atoms with van der Waals surface area (Å²) in [5, 5.41) is 9.42. The molecule has 3 aromatic heterocycles. The third kappa shape index (κ3) is 4.07. The topological polar surface area (TPSA) is 150 Å². The molecule has 2 amide bonds. The Labute approximate surface area is 214 Å². The number of pyridine rings is 1. The highest BCUT2D eigenvalue weighted by Gasteiger charge is 2.57. The Morgan fingerprint density at radius 1 is 1.26 bits per heavy atom. The van der Waals surface area contributed by atoms with Crippen LogP contribution in [0.5, 0.6) is 0 Å². The number of hydrogen-bond donors (Lipinski definition) is 3. The van der Waals surface area contributed by atoms with Crippen molar-refractivity contribution in [2.75, 3.05) is 24.3 Å². The fourth-order valence-corrected chi connectivity index (χ4v) is 4.26. The zero-order chi connectivity index (χ0) is 27.6. The quantitative estimate of drug-likeness (QED) is 0.236. The first-order chi connectivity index (χ1) is 17.7. The molecule has 1 atom stereocenters. The first-order valence-corrected chi connectivity index (χ1v) is 11.5. The van der Waals surface area contributed by atoms with E-state index in [1.54, 1.807) is 0 Å². The summed E-state index contributed by atoms with van der Waals surface area (Å²) in [6.45, 7) is 1.09. The molecule has 38 heavy (non-hydrogen) atoms. The van der Waals surface area contributed by atoms with Gasteiger partial charge >= 0.3 is 12.1 Å². The summed E-state index contributed by atoms with van der Waals surface area (Å²) >= 11 is 5.91. The summed E-state index contributed by atoms with van der Waals surface area (Å²) in [6.07, 6.45) is -7.35. The van der Waals surface area contributed by atoms with Gasteiger partial charge in [0, 0.05) is 13.0 Å². The van der Waals surface area contributed by atoms with Crippen molar-refractivity contribution in [3.05, 3.63) is 22.8 Å². The van der Waals surface area contributed by atoms with Crippen molar-refractivity contribution >= 4 is 46.1 Å². The van der Waals surface area contributed by atoms with E-state index in [1.807, 2.05) is 0 Å². The van der Waals surface area contributed by atoms with Gasteiger partial charge in [0.1, 0.15) is 22.5 Å². The number of aromatic nitrogens is 5. The Hall–Kier alpha value is -3.66. The van der Waals surface area contributed by atoms with Crippen LogP contribution in [0.4, 0.5) is 33.6 Å². The molecular weight excluding hydrogens is 543 g/mol. The van der Waals surface area contributed by atoms with Crippen LogP contribution >= 0.6 is 11.6 Å². The average Bonchev–Trinajstić information content (AvgIpc) is 3.28. The van der Waals surface area contributed by atoms with Gasteiger partial charge in [-0.1, -0.05) is 11.6 Å². The van der Waals surface area contributed by atoms with Gasteiger partial charge in [-0.25, -0.2) is 19.6 Å². The molecule has 2 aliphatic rings. The maximum absolute atomic E-state index is 13.6. The van der Waals surface area contributed by atoms with Crippen LogP contribution in [0.15, 0.2) is 12.1 Å². The van der Waals surface area contributed by atoms with Crippen LogP contribution in [0.25, 0.3) is 22.6 Å². The van der Waals surface area contributed by atoms with Crippen LogP contribution in [-0.2, 0) is 26.3 Å². The number of halogens is 6. The molecule has 202 valence electrons. The second-order valence-corrected chi connectivity index (χ2v) is 9.36. The molecule has 0 aliphatic carbocycles. The van der Waals surface area contributed by atoms with Crippen LogP contribution in [0.3, 0.4) is 0 Å². The lowest BCUT2D eigenvalue weighted by atomic mass is 9.83. The molecule has 0 radical (unpaired) electrons. The molecule has 0 spiro atoms. The number of ether oxygens (including phenoxy) is 1. The van der Waals surface area contributed by atoms with E-state index in [1.165, 1.54) is 19.1 Å². The van der Waals surface area contributed by atoms with Crippen LogP contribution in [0, 0.1) is 0 Å². The van der Waals surface area contributed by atoms with Crippen molar-refractivity contribution in [2.45, 2.75) is 43.4 Å². The van der Waals surface area contributed by atoms with E-state index < -0.39 is 42.3 Å². The number of aryl methyl sites for hydroxylation is 1. The maximum Gasteiger partial charge on any atom is 0.453 e. The average molecular weight is 561 g/mol. The van der Waals surface area contributed by atoms with Gasteiger partial charge in [0.05, 0.1) is 30.2 Å². The highest BCUT2D eigenvalue weighted by molar-refractivity contribution is 6.29. The minimum atomic E-state index is -5.75. The molecule has 1 unspecified atom stereocenters. The normalized spacial score (nSPS) is 19.8. The fraction of sp³-hybridized carbons (Fsp3) is 0.429. The largest absolute Gasteiger partial charge is 0.453 e. The lowest BCUT2D eigenvalue weighted by Gasteiger charge is -2.30. The number of nitrogens with one attached hydrogen (secondary N) is 2. The summed E-state index contributed by atoms with van der Waals surface area (Å²) < 4.78 is 71.1. The number of carbonyl (C=O) groups excluding carboxylic acids is 2. The van der Waals surface area contributed by atoms with Gasteiger partial charge in [-0.05, 0) is 19.1 Å². The molecular formula is C21H18ClF5N8O3. The lowest BCUT2D eigenvalue weighted by molar-refractivity contribution is -0.285. The number of nitrogen functional groups attached to an aromatic ring is 1. The number of nitrogens with two attached hydrogens (primary N) is 1. The van der Waals surface area contributed by atoms with E-state index >= 15 is 0 Å². The number of nitrogens with zero attached hydrogens (tertiary/aromatic N) is 5. The van der Waals surface area contributed by atoms with Crippen molar-refractivity contribution in [1.82, 2.24) is 30.0 Å². The zero-order valence-electron chi connectivity index (χ0n) is 19.4. The SMILES string of the molecule is CC1(C(=O)NC2COC2)C(=O)Nc2nc(-c3nn(CCC(F)(F)C(F)(F)F)c4nc(Cl)ccc34)nc(N)c21. The first-order valence-electron chi connectivity index (χ1n) is 11.1. The molecule has 1 fully saturated rings. The number of anilines is 2. The predicted octanol–water partition coefficient (Wildman–Crippen LogP) is 2.44. The molecule has 5 rings (SSSR count). The van der Waals surface area contributed by atoms with E-state index in [0.29, 0.717) is 13.2 Å². The molecule has 3 aromatic rings. The molecule has 0 aromatic carbocycles. The smallest absolute Gasteiger partial charge is 0.383 e. The Balaban J connectivity index is 1.54. The summed E-state index contributed by atoms with van der Waals surface area (Å²) in [7, 11) is 0. The minimum Gasteiger partial charge on any atom is -0.383 e. The van der Waals surface area contributed by atoms with E-state index in [2.05, 4.69) is 30.7 Å². The van der Waals surface area contributed by atoms with Gasteiger partial charge in [-0.3, -0.25) is 9.59 Å². The van der Waals surface area contributed by atoms with Crippen molar-refractivity contribution in [3.8, 4) is 11.5 Å². The molecule has 0 bridgehead atoms. The Morgan fingerprint density at radius 3 is 2.61 bits per heavy atom. The van der Waals surface area contributed by atoms with Gasteiger partial charge in [-0.2, -0.15) is 27.1 Å². The fourth-order valence-electron chi connectivity index (χ4n) is 4.12. The minimum absolute atomic E-state index is 0.0266. The van der Waals surface area contributed by atoms with Crippen LogP contribution in [-0.4, -0.2) is 67.9 Å². The first kappa shape index (κ1) is 26.0. The number of carbonyl (C=O) groups is 2. The summed E-state index contributed by atoms with van der Waals surface area (Å²) in [4.78, 5) is 38.3. The molecule has 4 N–H and O–H groups in total. The van der Waals surface area contributed by atoms with Crippen molar-refractivity contribution in [3.63, 3.8) is 0 Å². The van der Waals surface area contributed by atoms with Gasteiger partial charge in [0.25, 0.3) is 0 Å². The third-order valence-corrected chi connectivity index (χ3v) is 6.59. The predicted molar refractivity (Wildman–Crippen MR) is 122 cm³/mol. The van der Waals surface area contributed by atoms with E-state index in [-0.39, 0.29) is 50.9 Å². The van der Waals surface area contributed by atoms with Gasteiger partial charge in [0.2, 0.25) is 11.8 Å². The van der Waals surface area contributed by atoms with E-state index in [0.717, 1.165) is 4.68 Å². The van der Waals surface area contributed by atoms with Crippen LogP contribution in [0.1, 0.15) is 18.9 Å². The van der Waals surface area contributed by atoms with Gasteiger partial charge < -0.3 is 21.1 Å². The Kier molecular flexibility index (Phi) is 5.94. The number of alkyl halides is 5. The second kappa shape index (κ2) is 8.69. The van der Waals surface area contributed by atoms with E-state index in [4.69, 9.17) is 22.1 Å². The number of fused-ring (bicyclic) bond motifs is 2. The van der Waals surface area contributed by atoms with Gasteiger partial charge in [0.15, 0.2) is 16.9 Å². The number of amides is 2. The molecule has 2 aliphatic heterocycles. The van der Waals surface area contributed by atoms with Crippen molar-refractivity contribution in [1.29, 1.82) is 0 Å². The van der Waals surface area contributed by atoms with Gasteiger partial charge in [-0.15, -0.1) is 0 Å². The Bertz CT molecular complexity index is 1480. The lowest BCUT2D eigenvalue weighted by Crippen LogP contribution is -2.56. The summed E-state index contributed by atoms with van der Waals surface area (Å²) in [5.41, 5.74) is 4.27. The van der Waals surface area contributed by atoms with Crippen LogP contribution < -0.4 is 16.4 Å². The maximum atomic E-state index is 13.6. The molecule has 11 nitrogen and oxygen atoms in total. The second-order valence-electron chi connectivity index (χ2n) is 8.97. The van der Waals surface area contributed by atoms with Crippen LogP contribution in [0.2, 0.25) is 5.15 Å².